The second-order valence-electron chi connectivity index (χ2n) is 4.40. The summed E-state index contributed by atoms with van der Waals surface area (Å²) in [4.78, 5) is 0. The van der Waals surface area contributed by atoms with Crippen LogP contribution in [0.1, 0.15) is 17.0 Å². The van der Waals surface area contributed by atoms with E-state index in [0.717, 1.165) is 27.1 Å². The normalized spacial score (nSPS) is 10.8. The van der Waals surface area contributed by atoms with Crippen LogP contribution >= 0.6 is 39.1 Å². The van der Waals surface area contributed by atoms with Gasteiger partial charge in [-0.15, -0.1) is 0 Å². The summed E-state index contributed by atoms with van der Waals surface area (Å²) >= 11 is 15.8. The van der Waals surface area contributed by atoms with Crippen molar-refractivity contribution < 1.29 is 0 Å². The van der Waals surface area contributed by atoms with Crippen LogP contribution < -0.4 is 5.32 Å². The first-order valence-corrected chi connectivity index (χ1v) is 7.32. The average molecular weight is 363 g/mol. The monoisotopic (exact) mass is 361 g/mol. The Hall–Kier alpha value is -0.710. The lowest BCUT2D eigenvalue weighted by Crippen LogP contribution is -2.06. The van der Waals surface area contributed by atoms with Gasteiger partial charge in [0.05, 0.1) is 33.1 Å². The van der Waals surface area contributed by atoms with Crippen LogP contribution in [-0.2, 0) is 13.6 Å². The fourth-order valence-corrected chi connectivity index (χ4v) is 2.76. The molecule has 2 aromatic rings. The van der Waals surface area contributed by atoms with Crippen molar-refractivity contribution in [2.75, 3.05) is 5.32 Å². The maximum atomic E-state index is 6.20. The zero-order chi connectivity index (χ0) is 14.2. The lowest BCUT2D eigenvalue weighted by molar-refractivity contribution is 0.712. The largest absolute Gasteiger partial charge is 0.378 e. The molecule has 0 fully saturated rings. The van der Waals surface area contributed by atoms with Crippen molar-refractivity contribution in [1.29, 1.82) is 0 Å². The maximum absolute atomic E-state index is 6.20. The first-order chi connectivity index (χ1) is 8.90. The smallest absolute Gasteiger partial charge is 0.0739 e. The Labute approximate surface area is 131 Å². The second-order valence-corrected chi connectivity index (χ2v) is 6.01. The van der Waals surface area contributed by atoms with Crippen molar-refractivity contribution in [2.24, 2.45) is 7.05 Å². The molecule has 1 aromatic carbocycles. The molecule has 0 saturated carbocycles. The number of halogens is 3. The fraction of sp³-hybridized carbons (Fsp3) is 0.308. The molecule has 0 aliphatic heterocycles. The van der Waals surface area contributed by atoms with E-state index in [-0.39, 0.29) is 0 Å². The number of hydrogen-bond acceptors (Lipinski definition) is 2. The Kier molecular flexibility index (Phi) is 4.43. The van der Waals surface area contributed by atoms with Gasteiger partial charge in [-0.1, -0.05) is 23.2 Å². The molecule has 0 spiro atoms. The van der Waals surface area contributed by atoms with Gasteiger partial charge in [0.2, 0.25) is 0 Å². The van der Waals surface area contributed by atoms with Gasteiger partial charge in [0.25, 0.3) is 0 Å². The molecule has 6 heteroatoms. The molecule has 19 heavy (non-hydrogen) atoms. The van der Waals surface area contributed by atoms with Gasteiger partial charge in [0, 0.05) is 12.1 Å². The lowest BCUT2D eigenvalue weighted by Gasteiger charge is -2.11. The lowest BCUT2D eigenvalue weighted by atomic mass is 10.2. The first-order valence-electron chi connectivity index (χ1n) is 5.77. The molecule has 1 N–H and O–H groups in total. The molecule has 0 saturated heterocycles. The van der Waals surface area contributed by atoms with E-state index < -0.39 is 0 Å². The summed E-state index contributed by atoms with van der Waals surface area (Å²) in [5, 5.41) is 9.00. The number of nitrogens with zero attached hydrogens (tertiary/aromatic N) is 2. The van der Waals surface area contributed by atoms with Gasteiger partial charge in [-0.25, -0.2) is 0 Å². The molecule has 0 unspecified atom stereocenters. The van der Waals surface area contributed by atoms with Crippen molar-refractivity contribution in [1.82, 2.24) is 9.78 Å². The molecular weight excluding hydrogens is 349 g/mol. The van der Waals surface area contributed by atoms with Crippen LogP contribution in [0.2, 0.25) is 10.0 Å². The van der Waals surface area contributed by atoms with Crippen LogP contribution in [0, 0.1) is 13.8 Å². The zero-order valence-electron chi connectivity index (χ0n) is 10.9. The molecule has 1 aromatic heterocycles. The highest BCUT2D eigenvalue weighted by Crippen LogP contribution is 2.30. The molecule has 0 amide bonds. The van der Waals surface area contributed by atoms with Crippen molar-refractivity contribution in [3.05, 3.63) is 43.6 Å². The van der Waals surface area contributed by atoms with E-state index in [1.807, 2.05) is 37.7 Å². The number of aromatic nitrogens is 2. The summed E-state index contributed by atoms with van der Waals surface area (Å²) < 4.78 is 2.85. The minimum absolute atomic E-state index is 0.622. The Bertz CT molecular complexity index is 623. The quantitative estimate of drug-likeness (QED) is 0.856. The number of aryl methyl sites for hydroxylation is 3. The molecule has 0 radical (unpaired) electrons. The van der Waals surface area contributed by atoms with Gasteiger partial charge in [0.1, 0.15) is 0 Å². The van der Waals surface area contributed by atoms with Crippen molar-refractivity contribution in [2.45, 2.75) is 20.4 Å². The van der Waals surface area contributed by atoms with Crippen molar-refractivity contribution in [3.63, 3.8) is 0 Å². The highest BCUT2D eigenvalue weighted by molar-refractivity contribution is 9.10. The van der Waals surface area contributed by atoms with Crippen molar-refractivity contribution >= 4 is 44.8 Å². The van der Waals surface area contributed by atoms with Gasteiger partial charge < -0.3 is 5.32 Å². The topological polar surface area (TPSA) is 29.9 Å². The highest BCUT2D eigenvalue weighted by Gasteiger charge is 2.11. The van der Waals surface area contributed by atoms with E-state index in [0.29, 0.717) is 16.6 Å². The summed E-state index contributed by atoms with van der Waals surface area (Å²) in [6, 6.07) is 3.70. The Balaban J connectivity index is 2.21. The SMILES string of the molecule is Cc1cc(Cl)c(NCc2c(Br)c(C)nn2C)cc1Cl. The van der Waals surface area contributed by atoms with Crippen LogP contribution in [0.5, 0.6) is 0 Å². The molecular formula is C13H14BrCl2N3. The van der Waals surface area contributed by atoms with E-state index in [1.54, 1.807) is 0 Å². The summed E-state index contributed by atoms with van der Waals surface area (Å²) in [5.41, 5.74) is 3.82. The number of anilines is 1. The maximum Gasteiger partial charge on any atom is 0.0739 e. The van der Waals surface area contributed by atoms with Gasteiger partial charge >= 0.3 is 0 Å². The Morgan fingerprint density at radius 3 is 2.53 bits per heavy atom. The predicted octanol–water partition coefficient (Wildman–Crippen LogP) is 4.72. The van der Waals surface area contributed by atoms with E-state index in [2.05, 4.69) is 26.3 Å². The minimum Gasteiger partial charge on any atom is -0.378 e. The van der Waals surface area contributed by atoms with Crippen LogP contribution in [0.15, 0.2) is 16.6 Å². The molecule has 102 valence electrons. The van der Waals surface area contributed by atoms with E-state index in [4.69, 9.17) is 23.2 Å². The molecule has 0 bridgehead atoms. The standard InChI is InChI=1S/C13H14BrCl2N3/c1-7-4-10(16)11(5-9(7)15)17-6-12-13(14)8(2)18-19(12)3/h4-5,17H,6H2,1-3H3. The molecule has 0 aliphatic carbocycles. The van der Waals surface area contributed by atoms with Gasteiger partial charge in [-0.2, -0.15) is 5.10 Å². The molecule has 0 atom stereocenters. The van der Waals surface area contributed by atoms with Crippen LogP contribution in [-0.4, -0.2) is 9.78 Å². The van der Waals surface area contributed by atoms with Crippen LogP contribution in [0.25, 0.3) is 0 Å². The Morgan fingerprint density at radius 1 is 1.26 bits per heavy atom. The first kappa shape index (κ1) is 14.7. The van der Waals surface area contributed by atoms with Gasteiger partial charge in [-0.05, 0) is 47.5 Å². The van der Waals surface area contributed by atoms with Gasteiger partial charge in [0.15, 0.2) is 0 Å². The highest BCUT2D eigenvalue weighted by atomic mass is 79.9. The van der Waals surface area contributed by atoms with Gasteiger partial charge in [-0.3, -0.25) is 4.68 Å². The third kappa shape index (κ3) is 3.07. The van der Waals surface area contributed by atoms with E-state index >= 15 is 0 Å². The van der Waals surface area contributed by atoms with Crippen LogP contribution in [0.4, 0.5) is 5.69 Å². The fourth-order valence-electron chi connectivity index (χ4n) is 1.83. The third-order valence-electron chi connectivity index (χ3n) is 2.96. The summed E-state index contributed by atoms with van der Waals surface area (Å²) in [6.45, 7) is 4.51. The number of nitrogens with one attached hydrogen (secondary N) is 1. The number of benzene rings is 1. The molecule has 3 nitrogen and oxygen atoms in total. The second kappa shape index (κ2) is 5.73. The summed E-state index contributed by atoms with van der Waals surface area (Å²) in [5.74, 6) is 0. The third-order valence-corrected chi connectivity index (χ3v) is 4.71. The van der Waals surface area contributed by atoms with E-state index in [1.165, 1.54) is 0 Å². The number of rotatable bonds is 3. The predicted molar refractivity (Wildman–Crippen MR) is 84.2 cm³/mol. The number of hydrogen-bond donors (Lipinski definition) is 1. The molecule has 0 aliphatic rings. The van der Waals surface area contributed by atoms with Crippen molar-refractivity contribution in [3.8, 4) is 0 Å². The van der Waals surface area contributed by atoms with E-state index in [9.17, 15) is 0 Å². The van der Waals surface area contributed by atoms with Crippen LogP contribution in [0.3, 0.4) is 0 Å². The summed E-state index contributed by atoms with van der Waals surface area (Å²) in [6.07, 6.45) is 0. The molecule has 2 rings (SSSR count). The minimum atomic E-state index is 0.622. The Morgan fingerprint density at radius 2 is 1.95 bits per heavy atom. The molecule has 1 heterocycles. The summed E-state index contributed by atoms with van der Waals surface area (Å²) in [7, 11) is 1.92. The average Bonchev–Trinajstić information content (AvgIpc) is 2.57. The zero-order valence-corrected chi connectivity index (χ0v) is 14.0.